The summed E-state index contributed by atoms with van der Waals surface area (Å²) in [6.07, 6.45) is -2.97. The SMILES string of the molecule is COC(=O)[C@@H]1ON(C(=O)OCc2ccccc2)C[C@H]2OC(C)(C)O[C@H]21. The molecule has 136 valence electrons. The Morgan fingerprint density at radius 2 is 1.96 bits per heavy atom. The van der Waals surface area contributed by atoms with Crippen molar-refractivity contribution in [3.05, 3.63) is 35.9 Å². The molecule has 25 heavy (non-hydrogen) atoms. The topological polar surface area (TPSA) is 83.5 Å². The van der Waals surface area contributed by atoms with Crippen molar-refractivity contribution in [3.8, 4) is 0 Å². The van der Waals surface area contributed by atoms with Gasteiger partial charge in [-0.25, -0.2) is 14.4 Å². The maximum atomic E-state index is 12.3. The molecule has 3 rings (SSSR count). The number of carbonyl (C=O) groups excluding carboxylic acids is 2. The van der Waals surface area contributed by atoms with Crippen LogP contribution in [0.25, 0.3) is 0 Å². The Bertz CT molecular complexity index is 633. The zero-order chi connectivity index (χ0) is 18.0. The van der Waals surface area contributed by atoms with E-state index in [1.165, 1.54) is 7.11 Å². The highest BCUT2D eigenvalue weighted by molar-refractivity contribution is 5.76. The number of rotatable bonds is 3. The Labute approximate surface area is 145 Å². The molecule has 2 heterocycles. The second-order valence-corrected chi connectivity index (χ2v) is 6.29. The van der Waals surface area contributed by atoms with Crippen LogP contribution in [-0.2, 0) is 35.2 Å². The average Bonchev–Trinajstić information content (AvgIpc) is 2.92. The smallest absolute Gasteiger partial charge is 0.434 e. The molecule has 0 spiro atoms. The average molecular weight is 351 g/mol. The van der Waals surface area contributed by atoms with Crippen molar-refractivity contribution in [2.24, 2.45) is 0 Å². The second kappa shape index (κ2) is 6.99. The molecule has 0 saturated carbocycles. The minimum absolute atomic E-state index is 0.0925. The Balaban J connectivity index is 1.67. The number of ether oxygens (including phenoxy) is 4. The first kappa shape index (κ1) is 17.7. The number of methoxy groups -OCH3 is 1. The third-order valence-corrected chi connectivity index (χ3v) is 3.95. The summed E-state index contributed by atoms with van der Waals surface area (Å²) in [6, 6.07) is 9.26. The Hall–Kier alpha value is -2.16. The van der Waals surface area contributed by atoms with E-state index in [-0.39, 0.29) is 13.2 Å². The van der Waals surface area contributed by atoms with Gasteiger partial charge < -0.3 is 18.9 Å². The van der Waals surface area contributed by atoms with Gasteiger partial charge in [0, 0.05) is 0 Å². The van der Waals surface area contributed by atoms with E-state index in [2.05, 4.69) is 0 Å². The molecule has 0 unspecified atom stereocenters. The first-order chi connectivity index (χ1) is 11.9. The lowest BCUT2D eigenvalue weighted by Crippen LogP contribution is -2.57. The van der Waals surface area contributed by atoms with Crippen LogP contribution in [0.4, 0.5) is 4.79 Å². The lowest BCUT2D eigenvalue weighted by Gasteiger charge is -2.35. The van der Waals surface area contributed by atoms with E-state index in [4.69, 9.17) is 23.8 Å². The fraction of sp³-hybridized carbons (Fsp3) is 0.529. The number of nitrogens with zero attached hydrogens (tertiary/aromatic N) is 1. The molecule has 8 nitrogen and oxygen atoms in total. The summed E-state index contributed by atoms with van der Waals surface area (Å²) in [4.78, 5) is 29.8. The Kier molecular flexibility index (Phi) is 4.94. The van der Waals surface area contributed by atoms with Crippen molar-refractivity contribution in [1.82, 2.24) is 5.06 Å². The molecule has 2 fully saturated rings. The molecule has 2 saturated heterocycles. The third kappa shape index (κ3) is 3.92. The lowest BCUT2D eigenvalue weighted by molar-refractivity contribution is -0.245. The molecular weight excluding hydrogens is 330 g/mol. The predicted molar refractivity (Wildman–Crippen MR) is 84.0 cm³/mol. The number of esters is 1. The number of hydrogen-bond acceptors (Lipinski definition) is 7. The summed E-state index contributed by atoms with van der Waals surface area (Å²) >= 11 is 0. The third-order valence-electron chi connectivity index (χ3n) is 3.95. The molecule has 0 bridgehead atoms. The normalized spacial score (nSPS) is 27.5. The summed E-state index contributed by atoms with van der Waals surface area (Å²) in [5, 5.41) is 0.983. The van der Waals surface area contributed by atoms with E-state index in [1.54, 1.807) is 13.8 Å². The molecule has 0 aromatic heterocycles. The van der Waals surface area contributed by atoms with Gasteiger partial charge in [-0.3, -0.25) is 0 Å². The van der Waals surface area contributed by atoms with Gasteiger partial charge in [0.2, 0.25) is 6.10 Å². The van der Waals surface area contributed by atoms with E-state index in [1.807, 2.05) is 30.3 Å². The fourth-order valence-electron chi connectivity index (χ4n) is 2.87. The van der Waals surface area contributed by atoms with Crippen LogP contribution in [-0.4, -0.2) is 54.9 Å². The number of hydrogen-bond donors (Lipinski definition) is 0. The number of hydroxylamine groups is 2. The molecule has 2 aliphatic heterocycles. The van der Waals surface area contributed by atoms with Crippen LogP contribution in [0.2, 0.25) is 0 Å². The molecule has 1 aromatic rings. The maximum Gasteiger partial charge on any atom is 0.434 e. The van der Waals surface area contributed by atoms with E-state index >= 15 is 0 Å². The first-order valence-corrected chi connectivity index (χ1v) is 7.98. The van der Waals surface area contributed by atoms with Crippen molar-refractivity contribution >= 4 is 12.1 Å². The van der Waals surface area contributed by atoms with Crippen LogP contribution in [0.1, 0.15) is 19.4 Å². The molecule has 0 N–H and O–H groups in total. The summed E-state index contributed by atoms with van der Waals surface area (Å²) in [6.45, 7) is 3.66. The van der Waals surface area contributed by atoms with E-state index in [0.717, 1.165) is 10.6 Å². The minimum atomic E-state index is -1.10. The van der Waals surface area contributed by atoms with Crippen LogP contribution in [0.15, 0.2) is 30.3 Å². The van der Waals surface area contributed by atoms with Crippen molar-refractivity contribution in [1.29, 1.82) is 0 Å². The maximum absolute atomic E-state index is 12.3. The van der Waals surface area contributed by atoms with Gasteiger partial charge in [-0.2, -0.15) is 5.06 Å². The van der Waals surface area contributed by atoms with Crippen LogP contribution in [0.5, 0.6) is 0 Å². The van der Waals surface area contributed by atoms with E-state index < -0.39 is 36.2 Å². The van der Waals surface area contributed by atoms with Crippen molar-refractivity contribution in [3.63, 3.8) is 0 Å². The van der Waals surface area contributed by atoms with E-state index in [0.29, 0.717) is 0 Å². The van der Waals surface area contributed by atoms with Gasteiger partial charge in [0.25, 0.3) is 0 Å². The Morgan fingerprint density at radius 1 is 1.24 bits per heavy atom. The zero-order valence-electron chi connectivity index (χ0n) is 14.3. The van der Waals surface area contributed by atoms with Gasteiger partial charge >= 0.3 is 12.1 Å². The second-order valence-electron chi connectivity index (χ2n) is 6.29. The van der Waals surface area contributed by atoms with Gasteiger partial charge in [-0.05, 0) is 19.4 Å². The molecule has 0 radical (unpaired) electrons. The van der Waals surface area contributed by atoms with Gasteiger partial charge in [0.1, 0.15) is 18.8 Å². The summed E-state index contributed by atoms with van der Waals surface area (Å²) in [5.74, 6) is -1.52. The van der Waals surface area contributed by atoms with Crippen LogP contribution >= 0.6 is 0 Å². The quantitative estimate of drug-likeness (QED) is 0.765. The minimum Gasteiger partial charge on any atom is -0.467 e. The summed E-state index contributed by atoms with van der Waals surface area (Å²) < 4.78 is 21.5. The van der Waals surface area contributed by atoms with Gasteiger partial charge in [0.15, 0.2) is 5.79 Å². The van der Waals surface area contributed by atoms with Gasteiger partial charge in [-0.1, -0.05) is 30.3 Å². The molecule has 3 atom stereocenters. The number of carbonyl (C=O) groups is 2. The Morgan fingerprint density at radius 3 is 2.64 bits per heavy atom. The highest BCUT2D eigenvalue weighted by Crippen LogP contribution is 2.35. The highest BCUT2D eigenvalue weighted by atomic mass is 16.8. The molecule has 8 heteroatoms. The largest absolute Gasteiger partial charge is 0.467 e. The van der Waals surface area contributed by atoms with Gasteiger partial charge in [0.05, 0.1) is 13.7 Å². The van der Waals surface area contributed by atoms with Crippen LogP contribution < -0.4 is 0 Å². The van der Waals surface area contributed by atoms with Crippen LogP contribution in [0, 0.1) is 0 Å². The van der Waals surface area contributed by atoms with Crippen molar-refractivity contribution in [2.75, 3.05) is 13.7 Å². The summed E-state index contributed by atoms with van der Waals surface area (Å²) in [5.41, 5.74) is 0.844. The van der Waals surface area contributed by atoms with Crippen molar-refractivity contribution in [2.45, 2.75) is 44.6 Å². The van der Waals surface area contributed by atoms with E-state index in [9.17, 15) is 9.59 Å². The first-order valence-electron chi connectivity index (χ1n) is 7.98. The number of fused-ring (bicyclic) bond motifs is 1. The van der Waals surface area contributed by atoms with Gasteiger partial charge in [-0.15, -0.1) is 0 Å². The molecule has 0 aliphatic carbocycles. The lowest BCUT2D eigenvalue weighted by atomic mass is 10.1. The molecule has 2 aliphatic rings. The van der Waals surface area contributed by atoms with Crippen molar-refractivity contribution < 1.29 is 33.4 Å². The zero-order valence-corrected chi connectivity index (χ0v) is 14.3. The predicted octanol–water partition coefficient (Wildman–Crippen LogP) is 1.63. The number of amides is 1. The molecule has 1 aromatic carbocycles. The fourth-order valence-corrected chi connectivity index (χ4v) is 2.87. The highest BCUT2D eigenvalue weighted by Gasteiger charge is 2.54. The monoisotopic (exact) mass is 351 g/mol. The standard InChI is InChI=1S/C17H21NO7/c1-17(2)23-12-9-18(25-14(13(12)24-17)15(19)21-3)16(20)22-10-11-7-5-4-6-8-11/h4-8,12-14H,9-10H2,1-3H3/t12-,13-,14-/m1/s1. The summed E-state index contributed by atoms with van der Waals surface area (Å²) in [7, 11) is 1.24. The molecule has 1 amide bonds. The van der Waals surface area contributed by atoms with Crippen LogP contribution in [0.3, 0.4) is 0 Å². The number of benzene rings is 1. The molecular formula is C17H21NO7.